The minimum atomic E-state index is 0. The lowest BCUT2D eigenvalue weighted by Crippen LogP contribution is -2.39. The Bertz CT molecular complexity index is 484. The first-order valence-corrected chi connectivity index (χ1v) is 10.3. The Labute approximate surface area is 174 Å². The van der Waals surface area contributed by atoms with Crippen molar-refractivity contribution in [3.05, 3.63) is 16.1 Å². The van der Waals surface area contributed by atoms with Gasteiger partial charge in [-0.2, -0.15) is 0 Å². The van der Waals surface area contributed by atoms with Crippen molar-refractivity contribution in [1.82, 2.24) is 20.5 Å². The van der Waals surface area contributed by atoms with Crippen LogP contribution < -0.4 is 10.6 Å². The summed E-state index contributed by atoms with van der Waals surface area (Å²) in [7, 11) is 1.84. The fourth-order valence-electron chi connectivity index (χ4n) is 3.02. The van der Waals surface area contributed by atoms with Gasteiger partial charge in [0.1, 0.15) is 0 Å². The van der Waals surface area contributed by atoms with E-state index in [0.717, 1.165) is 31.9 Å². The van der Waals surface area contributed by atoms with Gasteiger partial charge in [0.05, 0.1) is 10.7 Å². The molecule has 0 spiro atoms. The smallest absolute Gasteiger partial charge is 0.190 e. The molecule has 0 unspecified atom stereocenters. The molecule has 0 atom stereocenters. The van der Waals surface area contributed by atoms with Gasteiger partial charge in [0.25, 0.3) is 0 Å². The second-order valence-electron chi connectivity index (χ2n) is 6.37. The van der Waals surface area contributed by atoms with Crippen LogP contribution >= 0.6 is 35.3 Å². The zero-order valence-electron chi connectivity index (χ0n) is 15.7. The normalized spacial score (nSPS) is 16.2. The summed E-state index contributed by atoms with van der Waals surface area (Å²) in [5.74, 6) is 0.900. The Hall–Kier alpha value is -0.410. The predicted molar refractivity (Wildman–Crippen MR) is 120 cm³/mol. The topological polar surface area (TPSA) is 52.6 Å². The Kier molecular flexibility index (Phi) is 12.4. The van der Waals surface area contributed by atoms with Crippen molar-refractivity contribution in [2.45, 2.75) is 51.9 Å². The lowest BCUT2D eigenvalue weighted by molar-refractivity contribution is 0.282. The van der Waals surface area contributed by atoms with Gasteiger partial charge in [-0.15, -0.1) is 35.3 Å². The summed E-state index contributed by atoms with van der Waals surface area (Å²) >= 11 is 1.76. The molecule has 5 nitrogen and oxygen atoms in total. The molecule has 2 N–H and O–H groups in total. The lowest BCUT2D eigenvalue weighted by Gasteiger charge is -2.20. The number of thiazole rings is 1. The molecule has 0 aliphatic carbocycles. The number of halogens is 1. The maximum absolute atomic E-state index is 4.60. The Morgan fingerprint density at radius 3 is 2.56 bits per heavy atom. The van der Waals surface area contributed by atoms with E-state index in [4.69, 9.17) is 0 Å². The number of aryl methyl sites for hydroxylation is 1. The SMILES string of the molecule is CCc1nc(CCNC(=NC)NCCCN2CCCCCC2)cs1.I. The van der Waals surface area contributed by atoms with Gasteiger partial charge in [0.15, 0.2) is 5.96 Å². The number of guanidine groups is 1. The predicted octanol–water partition coefficient (Wildman–Crippen LogP) is 3.30. The second-order valence-corrected chi connectivity index (χ2v) is 7.31. The minimum Gasteiger partial charge on any atom is -0.356 e. The van der Waals surface area contributed by atoms with Gasteiger partial charge in [0, 0.05) is 31.9 Å². The van der Waals surface area contributed by atoms with E-state index in [2.05, 4.69) is 37.8 Å². The van der Waals surface area contributed by atoms with Crippen LogP contribution in [0.25, 0.3) is 0 Å². The summed E-state index contributed by atoms with van der Waals surface area (Å²) in [6.45, 7) is 7.76. The monoisotopic (exact) mass is 479 g/mol. The number of nitrogens with zero attached hydrogens (tertiary/aromatic N) is 3. The summed E-state index contributed by atoms with van der Waals surface area (Å²) in [6, 6.07) is 0. The molecule has 2 rings (SSSR count). The van der Waals surface area contributed by atoms with Crippen LogP contribution in [0.4, 0.5) is 0 Å². The van der Waals surface area contributed by atoms with Crippen molar-refractivity contribution >= 4 is 41.3 Å². The maximum Gasteiger partial charge on any atom is 0.190 e. The van der Waals surface area contributed by atoms with Gasteiger partial charge in [0.2, 0.25) is 0 Å². The van der Waals surface area contributed by atoms with Gasteiger partial charge < -0.3 is 15.5 Å². The van der Waals surface area contributed by atoms with Crippen molar-refractivity contribution in [2.24, 2.45) is 4.99 Å². The molecule has 2 heterocycles. The van der Waals surface area contributed by atoms with E-state index in [9.17, 15) is 0 Å². The van der Waals surface area contributed by atoms with Gasteiger partial charge in [-0.05, 0) is 45.3 Å². The molecule has 1 aromatic heterocycles. The van der Waals surface area contributed by atoms with Crippen LogP contribution in [0, 0.1) is 0 Å². The Balaban J connectivity index is 0.00000312. The standard InChI is InChI=1S/C18H33N5S.HI/c1-3-17-22-16(15-24-17)9-11-21-18(19-2)20-10-8-14-23-12-6-4-5-7-13-23;/h15H,3-14H2,1-2H3,(H2,19,20,21);1H. The van der Waals surface area contributed by atoms with Crippen molar-refractivity contribution in [1.29, 1.82) is 0 Å². The number of nitrogens with one attached hydrogen (secondary N) is 2. The summed E-state index contributed by atoms with van der Waals surface area (Å²) in [6.07, 6.45) is 8.70. The van der Waals surface area contributed by atoms with Gasteiger partial charge in [-0.25, -0.2) is 4.98 Å². The largest absolute Gasteiger partial charge is 0.356 e. The van der Waals surface area contributed by atoms with Gasteiger partial charge in [-0.1, -0.05) is 19.8 Å². The molecule has 1 aliphatic rings. The van der Waals surface area contributed by atoms with Crippen LogP contribution in [0.2, 0.25) is 0 Å². The maximum atomic E-state index is 4.60. The number of rotatable bonds is 8. The molecule has 0 bridgehead atoms. The fourth-order valence-corrected chi connectivity index (χ4v) is 3.80. The summed E-state index contributed by atoms with van der Waals surface area (Å²) in [5, 5.41) is 10.2. The van der Waals surface area contributed by atoms with Crippen molar-refractivity contribution in [3.63, 3.8) is 0 Å². The van der Waals surface area contributed by atoms with Crippen LogP contribution in [0.5, 0.6) is 0 Å². The number of hydrogen-bond donors (Lipinski definition) is 2. The van der Waals surface area contributed by atoms with Crippen LogP contribution in [0.1, 0.15) is 49.7 Å². The van der Waals surface area contributed by atoms with Crippen LogP contribution in [0.15, 0.2) is 10.4 Å². The molecular weight excluding hydrogens is 445 g/mol. The summed E-state index contributed by atoms with van der Waals surface area (Å²) < 4.78 is 0. The fraction of sp³-hybridized carbons (Fsp3) is 0.778. The van der Waals surface area contributed by atoms with E-state index in [1.165, 1.54) is 62.4 Å². The molecule has 0 amide bonds. The molecular formula is C18H34IN5S. The van der Waals surface area contributed by atoms with E-state index in [1.54, 1.807) is 11.3 Å². The molecule has 0 saturated carbocycles. The average molecular weight is 479 g/mol. The van der Waals surface area contributed by atoms with Crippen molar-refractivity contribution < 1.29 is 0 Å². The molecule has 1 fully saturated rings. The van der Waals surface area contributed by atoms with Crippen LogP contribution in [-0.2, 0) is 12.8 Å². The quantitative estimate of drug-likeness (QED) is 0.260. The first-order valence-electron chi connectivity index (χ1n) is 9.42. The van der Waals surface area contributed by atoms with E-state index in [1.807, 2.05) is 7.05 Å². The molecule has 25 heavy (non-hydrogen) atoms. The number of likely N-dealkylation sites (tertiary alicyclic amines) is 1. The van der Waals surface area contributed by atoms with Crippen LogP contribution in [-0.4, -0.2) is 55.6 Å². The highest BCUT2D eigenvalue weighted by Gasteiger charge is 2.08. The molecule has 1 saturated heterocycles. The highest BCUT2D eigenvalue weighted by atomic mass is 127. The lowest BCUT2D eigenvalue weighted by atomic mass is 10.2. The zero-order chi connectivity index (χ0) is 17.0. The van der Waals surface area contributed by atoms with Crippen LogP contribution in [0.3, 0.4) is 0 Å². The molecule has 1 aliphatic heterocycles. The second kappa shape index (κ2) is 13.7. The number of hydrogen-bond acceptors (Lipinski definition) is 4. The van der Waals surface area contributed by atoms with Gasteiger partial charge in [-0.3, -0.25) is 4.99 Å². The third kappa shape index (κ3) is 9.19. The van der Waals surface area contributed by atoms with E-state index < -0.39 is 0 Å². The van der Waals surface area contributed by atoms with Crippen molar-refractivity contribution in [2.75, 3.05) is 39.8 Å². The molecule has 144 valence electrons. The third-order valence-electron chi connectivity index (χ3n) is 4.44. The number of aliphatic imine (C=N–C) groups is 1. The summed E-state index contributed by atoms with van der Waals surface area (Å²) in [5.41, 5.74) is 1.18. The van der Waals surface area contributed by atoms with E-state index in [0.29, 0.717) is 0 Å². The molecule has 0 radical (unpaired) electrons. The first kappa shape index (κ1) is 22.6. The first-order chi connectivity index (χ1) is 11.8. The zero-order valence-corrected chi connectivity index (χ0v) is 18.9. The molecule has 0 aromatic carbocycles. The van der Waals surface area contributed by atoms with E-state index >= 15 is 0 Å². The Morgan fingerprint density at radius 2 is 1.92 bits per heavy atom. The highest BCUT2D eigenvalue weighted by Crippen LogP contribution is 2.10. The third-order valence-corrected chi connectivity index (χ3v) is 5.48. The molecule has 7 heteroatoms. The Morgan fingerprint density at radius 1 is 1.20 bits per heavy atom. The minimum absolute atomic E-state index is 0. The number of aromatic nitrogens is 1. The molecule has 1 aromatic rings. The van der Waals surface area contributed by atoms with Crippen molar-refractivity contribution in [3.8, 4) is 0 Å². The van der Waals surface area contributed by atoms with E-state index in [-0.39, 0.29) is 24.0 Å². The average Bonchev–Trinajstić information content (AvgIpc) is 2.91. The van der Waals surface area contributed by atoms with Gasteiger partial charge >= 0.3 is 0 Å². The highest BCUT2D eigenvalue weighted by molar-refractivity contribution is 14.0. The summed E-state index contributed by atoms with van der Waals surface area (Å²) in [4.78, 5) is 11.5.